The van der Waals surface area contributed by atoms with Gasteiger partial charge in [0, 0.05) is 22.6 Å². The molecular weight excluding hydrogens is 382 g/mol. The third-order valence-corrected chi connectivity index (χ3v) is 4.99. The second kappa shape index (κ2) is 8.41. The first kappa shape index (κ1) is 19.7. The summed E-state index contributed by atoms with van der Waals surface area (Å²) in [4.78, 5) is 30.1. The smallest absolute Gasteiger partial charge is 0.270 e. The number of rotatable bonds is 6. The van der Waals surface area contributed by atoms with Gasteiger partial charge in [-0.3, -0.25) is 25.4 Å². The van der Waals surface area contributed by atoms with Crippen LogP contribution in [0.5, 0.6) is 11.5 Å². The molecule has 4 rings (SSSR count). The Labute approximate surface area is 174 Å². The van der Waals surface area contributed by atoms with Gasteiger partial charge in [-0.2, -0.15) is 0 Å². The van der Waals surface area contributed by atoms with Gasteiger partial charge in [0.1, 0.15) is 0 Å². The molecule has 0 aliphatic heterocycles. The van der Waals surface area contributed by atoms with Crippen LogP contribution in [0, 0.1) is 0 Å². The van der Waals surface area contributed by atoms with Crippen LogP contribution in [0.1, 0.15) is 52.1 Å². The van der Waals surface area contributed by atoms with E-state index < -0.39 is 5.91 Å². The van der Waals surface area contributed by atoms with Crippen LogP contribution in [0.4, 0.5) is 0 Å². The second-order valence-electron chi connectivity index (χ2n) is 7.09. The predicted molar refractivity (Wildman–Crippen MR) is 113 cm³/mol. The largest absolute Gasteiger partial charge is 0.493 e. The first-order valence-corrected chi connectivity index (χ1v) is 9.92. The fourth-order valence-corrected chi connectivity index (χ4v) is 3.31. The Morgan fingerprint density at radius 2 is 1.80 bits per heavy atom. The lowest BCUT2D eigenvalue weighted by atomic mass is 10.1. The Bertz CT molecular complexity index is 1110. The van der Waals surface area contributed by atoms with E-state index >= 15 is 0 Å². The molecule has 1 aromatic heterocycles. The second-order valence-corrected chi connectivity index (χ2v) is 7.09. The number of nitrogens with zero attached hydrogens (tertiary/aromatic N) is 1. The number of ether oxygens (including phenoxy) is 2. The normalized spacial score (nSPS) is 13.0. The van der Waals surface area contributed by atoms with Crippen LogP contribution in [0.2, 0.25) is 0 Å². The molecule has 2 amide bonds. The quantitative estimate of drug-likeness (QED) is 0.612. The molecule has 0 radical (unpaired) electrons. The van der Waals surface area contributed by atoms with Gasteiger partial charge in [-0.05, 0) is 50.1 Å². The third-order valence-electron chi connectivity index (χ3n) is 4.99. The number of para-hydroxylation sites is 1. The summed E-state index contributed by atoms with van der Waals surface area (Å²) < 4.78 is 10.7. The lowest BCUT2D eigenvalue weighted by Gasteiger charge is -2.13. The van der Waals surface area contributed by atoms with Gasteiger partial charge in [0.2, 0.25) is 0 Å². The number of methoxy groups -OCH3 is 1. The lowest BCUT2D eigenvalue weighted by Crippen LogP contribution is -2.41. The number of amides is 2. The van der Waals surface area contributed by atoms with Crippen molar-refractivity contribution in [2.45, 2.75) is 25.7 Å². The number of pyridine rings is 1. The highest BCUT2D eigenvalue weighted by atomic mass is 16.5. The summed E-state index contributed by atoms with van der Waals surface area (Å²) in [7, 11) is 1.51. The molecular formula is C23H23N3O4. The van der Waals surface area contributed by atoms with E-state index in [1.54, 1.807) is 18.2 Å². The van der Waals surface area contributed by atoms with Crippen molar-refractivity contribution in [2.75, 3.05) is 13.7 Å². The average Bonchev–Trinajstić information content (AvgIpc) is 3.62. The third kappa shape index (κ3) is 4.05. The van der Waals surface area contributed by atoms with Crippen LogP contribution in [-0.4, -0.2) is 30.5 Å². The lowest BCUT2D eigenvalue weighted by molar-refractivity contribution is 0.0847. The standard InChI is InChI=1S/C23H23N3O4/c1-3-30-20-11-10-15(12-21(20)29-2)22(27)25-26-23(28)17-13-19(14-8-9-14)24-18-7-5-4-6-16(17)18/h4-7,10-14H,3,8-9H2,1-2H3,(H,25,27)(H,26,28). The van der Waals surface area contributed by atoms with Crippen LogP contribution in [-0.2, 0) is 0 Å². The fourth-order valence-electron chi connectivity index (χ4n) is 3.31. The molecule has 1 saturated carbocycles. The van der Waals surface area contributed by atoms with Crippen LogP contribution in [0.15, 0.2) is 48.5 Å². The molecule has 7 nitrogen and oxygen atoms in total. The molecule has 3 aromatic rings. The summed E-state index contributed by atoms with van der Waals surface area (Å²) in [6.45, 7) is 2.35. The summed E-state index contributed by atoms with van der Waals surface area (Å²) >= 11 is 0. The minimum atomic E-state index is -0.453. The van der Waals surface area contributed by atoms with E-state index in [1.807, 2.05) is 37.3 Å². The molecule has 2 N–H and O–H groups in total. The summed E-state index contributed by atoms with van der Waals surface area (Å²) in [5, 5.41) is 0.747. The van der Waals surface area contributed by atoms with Gasteiger partial charge >= 0.3 is 0 Å². The Morgan fingerprint density at radius 3 is 2.53 bits per heavy atom. The van der Waals surface area contributed by atoms with Gasteiger partial charge in [-0.15, -0.1) is 0 Å². The molecule has 0 bridgehead atoms. The van der Waals surface area contributed by atoms with Crippen LogP contribution in [0.25, 0.3) is 10.9 Å². The van der Waals surface area contributed by atoms with Crippen molar-refractivity contribution >= 4 is 22.7 Å². The minimum absolute atomic E-state index is 0.342. The molecule has 2 aromatic carbocycles. The molecule has 30 heavy (non-hydrogen) atoms. The molecule has 1 heterocycles. The minimum Gasteiger partial charge on any atom is -0.493 e. The number of carbonyl (C=O) groups is 2. The molecule has 0 unspecified atom stereocenters. The zero-order chi connectivity index (χ0) is 21.1. The average molecular weight is 405 g/mol. The van der Waals surface area contributed by atoms with Crippen molar-refractivity contribution in [1.82, 2.24) is 15.8 Å². The molecule has 0 saturated heterocycles. The Morgan fingerprint density at radius 1 is 1.03 bits per heavy atom. The van der Waals surface area contributed by atoms with Crippen LogP contribution >= 0.6 is 0 Å². The maximum absolute atomic E-state index is 12.9. The predicted octanol–water partition coefficient (Wildman–Crippen LogP) is 3.59. The number of hydrogen-bond donors (Lipinski definition) is 2. The van der Waals surface area contributed by atoms with Crippen molar-refractivity contribution in [3.8, 4) is 11.5 Å². The summed E-state index contributed by atoms with van der Waals surface area (Å²) in [5.74, 6) is 0.570. The molecule has 154 valence electrons. The number of benzene rings is 2. The number of carbonyl (C=O) groups excluding carboxylic acids is 2. The Hall–Kier alpha value is -3.61. The SMILES string of the molecule is CCOc1ccc(C(=O)NNC(=O)c2cc(C3CC3)nc3ccccc23)cc1OC. The van der Waals surface area contributed by atoms with E-state index in [1.165, 1.54) is 7.11 Å². The number of hydrogen-bond acceptors (Lipinski definition) is 5. The fraction of sp³-hybridized carbons (Fsp3) is 0.261. The van der Waals surface area contributed by atoms with Gasteiger partial charge in [-0.1, -0.05) is 18.2 Å². The van der Waals surface area contributed by atoms with Crippen LogP contribution in [0.3, 0.4) is 0 Å². The van der Waals surface area contributed by atoms with Gasteiger partial charge < -0.3 is 9.47 Å². The van der Waals surface area contributed by atoms with Gasteiger partial charge in [0.25, 0.3) is 11.8 Å². The number of hydrazine groups is 1. The Kier molecular flexibility index (Phi) is 5.52. The molecule has 7 heteroatoms. The van der Waals surface area contributed by atoms with E-state index in [2.05, 4.69) is 15.8 Å². The van der Waals surface area contributed by atoms with E-state index in [0.29, 0.717) is 35.2 Å². The highest BCUT2D eigenvalue weighted by molar-refractivity contribution is 6.07. The van der Waals surface area contributed by atoms with Crippen molar-refractivity contribution in [3.05, 3.63) is 65.4 Å². The van der Waals surface area contributed by atoms with Gasteiger partial charge in [0.15, 0.2) is 11.5 Å². The number of aromatic nitrogens is 1. The summed E-state index contributed by atoms with van der Waals surface area (Å²) in [6, 6.07) is 14.2. The highest BCUT2D eigenvalue weighted by Gasteiger charge is 2.27. The monoisotopic (exact) mass is 405 g/mol. The first-order valence-electron chi connectivity index (χ1n) is 9.92. The zero-order valence-corrected chi connectivity index (χ0v) is 16.9. The summed E-state index contributed by atoms with van der Waals surface area (Å²) in [5.41, 5.74) is 7.51. The van der Waals surface area contributed by atoms with Crippen LogP contribution < -0.4 is 20.3 Å². The van der Waals surface area contributed by atoms with Gasteiger partial charge in [0.05, 0.1) is 24.8 Å². The van der Waals surface area contributed by atoms with E-state index in [-0.39, 0.29) is 5.91 Å². The first-order chi connectivity index (χ1) is 14.6. The molecule has 1 aliphatic rings. The van der Waals surface area contributed by atoms with Crippen molar-refractivity contribution in [2.24, 2.45) is 0 Å². The molecule has 0 atom stereocenters. The highest BCUT2D eigenvalue weighted by Crippen LogP contribution is 2.40. The maximum Gasteiger partial charge on any atom is 0.270 e. The number of nitrogens with one attached hydrogen (secondary N) is 2. The van der Waals surface area contributed by atoms with Gasteiger partial charge in [-0.25, -0.2) is 0 Å². The van der Waals surface area contributed by atoms with Crippen molar-refractivity contribution < 1.29 is 19.1 Å². The van der Waals surface area contributed by atoms with E-state index in [0.717, 1.165) is 29.4 Å². The van der Waals surface area contributed by atoms with Crippen molar-refractivity contribution in [3.63, 3.8) is 0 Å². The topological polar surface area (TPSA) is 89.6 Å². The molecule has 1 aliphatic carbocycles. The van der Waals surface area contributed by atoms with E-state index in [9.17, 15) is 9.59 Å². The summed E-state index contributed by atoms with van der Waals surface area (Å²) in [6.07, 6.45) is 2.17. The maximum atomic E-state index is 12.9. The van der Waals surface area contributed by atoms with E-state index in [4.69, 9.17) is 9.47 Å². The van der Waals surface area contributed by atoms with Crippen molar-refractivity contribution in [1.29, 1.82) is 0 Å². The molecule has 1 fully saturated rings. The Balaban J connectivity index is 1.52. The number of fused-ring (bicyclic) bond motifs is 1. The molecule has 0 spiro atoms. The zero-order valence-electron chi connectivity index (χ0n) is 16.9.